The minimum atomic E-state index is -0.382. The first-order valence-electron chi connectivity index (χ1n) is 7.55. The van der Waals surface area contributed by atoms with E-state index in [4.69, 9.17) is 5.11 Å². The molecule has 1 N–H and O–H groups in total. The first-order chi connectivity index (χ1) is 9.09. The minimum Gasteiger partial charge on any atom is -0.396 e. The summed E-state index contributed by atoms with van der Waals surface area (Å²) in [6, 6.07) is 0. The number of amides is 2. The second-order valence-electron chi connectivity index (χ2n) is 6.30. The van der Waals surface area contributed by atoms with Crippen molar-refractivity contribution in [3.63, 3.8) is 0 Å². The third-order valence-corrected chi connectivity index (χ3v) is 4.67. The highest BCUT2D eigenvalue weighted by Crippen LogP contribution is 2.44. The van der Waals surface area contributed by atoms with Gasteiger partial charge in [-0.2, -0.15) is 0 Å². The molecule has 1 unspecified atom stereocenters. The SMILES string of the molecule is CC(CCO)CN1C(=O)CC2(CCCCCC2)C1=O. The fraction of sp³-hybridized carbons (Fsp3) is 0.867. The monoisotopic (exact) mass is 267 g/mol. The van der Waals surface area contributed by atoms with Crippen LogP contribution in [0.4, 0.5) is 0 Å². The summed E-state index contributed by atoms with van der Waals surface area (Å²) in [6.45, 7) is 2.57. The van der Waals surface area contributed by atoms with E-state index in [0.717, 1.165) is 25.7 Å². The van der Waals surface area contributed by atoms with Crippen LogP contribution in [0.25, 0.3) is 0 Å². The molecule has 1 spiro atoms. The van der Waals surface area contributed by atoms with Gasteiger partial charge in [-0.25, -0.2) is 0 Å². The van der Waals surface area contributed by atoms with Crippen molar-refractivity contribution < 1.29 is 14.7 Å². The third-order valence-electron chi connectivity index (χ3n) is 4.67. The van der Waals surface area contributed by atoms with E-state index >= 15 is 0 Å². The van der Waals surface area contributed by atoms with Gasteiger partial charge < -0.3 is 5.11 Å². The van der Waals surface area contributed by atoms with E-state index in [1.165, 1.54) is 17.7 Å². The van der Waals surface area contributed by atoms with E-state index in [1.54, 1.807) is 0 Å². The molecule has 0 aromatic heterocycles. The van der Waals surface area contributed by atoms with Crippen LogP contribution >= 0.6 is 0 Å². The Morgan fingerprint density at radius 1 is 1.21 bits per heavy atom. The molecule has 0 aromatic rings. The fourth-order valence-electron chi connectivity index (χ4n) is 3.46. The van der Waals surface area contributed by atoms with Crippen molar-refractivity contribution in [3.05, 3.63) is 0 Å². The standard InChI is InChI=1S/C15H25NO3/c1-12(6-9-17)11-16-13(18)10-15(14(16)19)7-4-2-3-5-8-15/h12,17H,2-11H2,1H3. The van der Waals surface area contributed by atoms with Crippen molar-refractivity contribution in [1.82, 2.24) is 4.90 Å². The fourth-order valence-corrected chi connectivity index (χ4v) is 3.46. The average Bonchev–Trinajstić information content (AvgIpc) is 2.57. The Morgan fingerprint density at radius 2 is 1.84 bits per heavy atom. The number of carbonyl (C=O) groups excluding carboxylic acids is 2. The van der Waals surface area contributed by atoms with Gasteiger partial charge in [-0.1, -0.05) is 32.6 Å². The Labute approximate surface area is 115 Å². The van der Waals surface area contributed by atoms with E-state index in [0.29, 0.717) is 19.4 Å². The zero-order valence-corrected chi connectivity index (χ0v) is 11.9. The maximum atomic E-state index is 12.6. The lowest BCUT2D eigenvalue weighted by atomic mass is 9.79. The maximum Gasteiger partial charge on any atom is 0.235 e. The van der Waals surface area contributed by atoms with Crippen molar-refractivity contribution in [2.45, 2.75) is 58.3 Å². The number of carbonyl (C=O) groups is 2. The smallest absolute Gasteiger partial charge is 0.235 e. The van der Waals surface area contributed by atoms with Crippen molar-refractivity contribution in [2.24, 2.45) is 11.3 Å². The molecule has 108 valence electrons. The summed E-state index contributed by atoms with van der Waals surface area (Å²) in [5.41, 5.74) is -0.382. The van der Waals surface area contributed by atoms with Crippen LogP contribution in [-0.4, -0.2) is 35.0 Å². The molecule has 2 rings (SSSR count). The van der Waals surface area contributed by atoms with Gasteiger partial charge in [0.1, 0.15) is 0 Å². The molecule has 1 saturated heterocycles. The zero-order valence-electron chi connectivity index (χ0n) is 11.9. The largest absolute Gasteiger partial charge is 0.396 e. The second-order valence-corrected chi connectivity index (χ2v) is 6.30. The van der Waals surface area contributed by atoms with Crippen LogP contribution in [-0.2, 0) is 9.59 Å². The van der Waals surface area contributed by atoms with Crippen LogP contribution in [0, 0.1) is 11.3 Å². The number of aliphatic hydroxyl groups is 1. The number of likely N-dealkylation sites (tertiary alicyclic amines) is 1. The molecule has 1 heterocycles. The Bertz CT molecular complexity index is 345. The summed E-state index contributed by atoms with van der Waals surface area (Å²) in [7, 11) is 0. The summed E-state index contributed by atoms with van der Waals surface area (Å²) >= 11 is 0. The van der Waals surface area contributed by atoms with Crippen molar-refractivity contribution >= 4 is 11.8 Å². The summed E-state index contributed by atoms with van der Waals surface area (Å²) in [5, 5.41) is 8.93. The van der Waals surface area contributed by atoms with Crippen LogP contribution in [0.1, 0.15) is 58.3 Å². The molecular formula is C15H25NO3. The summed E-state index contributed by atoms with van der Waals surface area (Å²) in [5.74, 6) is 0.236. The lowest BCUT2D eigenvalue weighted by molar-refractivity contribution is -0.142. The molecule has 2 aliphatic rings. The van der Waals surface area contributed by atoms with Gasteiger partial charge in [-0.15, -0.1) is 0 Å². The van der Waals surface area contributed by atoms with Gasteiger partial charge in [-0.3, -0.25) is 14.5 Å². The lowest BCUT2D eigenvalue weighted by Crippen LogP contribution is -2.38. The first kappa shape index (κ1) is 14.5. The van der Waals surface area contributed by atoms with Gasteiger partial charge in [0.25, 0.3) is 0 Å². The molecule has 1 saturated carbocycles. The van der Waals surface area contributed by atoms with Crippen LogP contribution in [0.15, 0.2) is 0 Å². The molecule has 1 atom stereocenters. The highest BCUT2D eigenvalue weighted by atomic mass is 16.3. The Kier molecular flexibility index (Phi) is 4.61. The number of aliphatic hydroxyl groups excluding tert-OH is 1. The van der Waals surface area contributed by atoms with Gasteiger partial charge >= 0.3 is 0 Å². The van der Waals surface area contributed by atoms with E-state index in [2.05, 4.69) is 0 Å². The molecule has 0 radical (unpaired) electrons. The molecule has 2 fully saturated rings. The van der Waals surface area contributed by atoms with E-state index in [1.807, 2.05) is 6.92 Å². The van der Waals surface area contributed by atoms with E-state index in [-0.39, 0.29) is 29.8 Å². The topological polar surface area (TPSA) is 57.6 Å². The molecule has 4 heteroatoms. The van der Waals surface area contributed by atoms with Crippen molar-refractivity contribution in [1.29, 1.82) is 0 Å². The lowest BCUT2D eigenvalue weighted by Gasteiger charge is -2.26. The van der Waals surface area contributed by atoms with Crippen LogP contribution in [0.3, 0.4) is 0 Å². The van der Waals surface area contributed by atoms with Gasteiger partial charge in [0.15, 0.2) is 0 Å². The highest BCUT2D eigenvalue weighted by Gasteiger charge is 2.50. The van der Waals surface area contributed by atoms with E-state index in [9.17, 15) is 9.59 Å². The van der Waals surface area contributed by atoms with Gasteiger partial charge in [0, 0.05) is 19.6 Å². The number of rotatable bonds is 4. The summed E-state index contributed by atoms with van der Waals surface area (Å²) in [6.07, 6.45) is 7.32. The average molecular weight is 267 g/mol. The second kappa shape index (κ2) is 6.04. The minimum absolute atomic E-state index is 0.00307. The number of hydrogen-bond acceptors (Lipinski definition) is 3. The number of hydrogen-bond donors (Lipinski definition) is 1. The molecule has 19 heavy (non-hydrogen) atoms. The quantitative estimate of drug-likeness (QED) is 0.794. The highest BCUT2D eigenvalue weighted by molar-refractivity contribution is 6.05. The molecule has 1 aliphatic heterocycles. The maximum absolute atomic E-state index is 12.6. The van der Waals surface area contributed by atoms with E-state index < -0.39 is 0 Å². The number of nitrogens with zero attached hydrogens (tertiary/aromatic N) is 1. The molecule has 2 amide bonds. The van der Waals surface area contributed by atoms with Crippen LogP contribution in [0.5, 0.6) is 0 Å². The molecule has 1 aliphatic carbocycles. The molecular weight excluding hydrogens is 242 g/mol. The van der Waals surface area contributed by atoms with Gasteiger partial charge in [0.2, 0.25) is 11.8 Å². The Hall–Kier alpha value is -0.900. The van der Waals surface area contributed by atoms with Crippen LogP contribution < -0.4 is 0 Å². The Balaban J connectivity index is 2.06. The summed E-state index contributed by atoms with van der Waals surface area (Å²) in [4.78, 5) is 26.2. The number of imide groups is 1. The van der Waals surface area contributed by atoms with Crippen LogP contribution in [0.2, 0.25) is 0 Å². The predicted octanol–water partition coefficient (Wildman–Crippen LogP) is 2.10. The van der Waals surface area contributed by atoms with Crippen molar-refractivity contribution in [3.8, 4) is 0 Å². The molecule has 4 nitrogen and oxygen atoms in total. The van der Waals surface area contributed by atoms with Gasteiger partial charge in [-0.05, 0) is 25.2 Å². The predicted molar refractivity (Wildman–Crippen MR) is 72.3 cm³/mol. The zero-order chi connectivity index (χ0) is 13.9. The third kappa shape index (κ3) is 2.99. The van der Waals surface area contributed by atoms with Gasteiger partial charge in [0.05, 0.1) is 5.41 Å². The Morgan fingerprint density at radius 3 is 2.42 bits per heavy atom. The molecule has 0 aromatic carbocycles. The normalized spacial score (nSPS) is 24.8. The molecule has 0 bridgehead atoms. The van der Waals surface area contributed by atoms with Crippen molar-refractivity contribution in [2.75, 3.05) is 13.2 Å². The summed E-state index contributed by atoms with van der Waals surface area (Å²) < 4.78 is 0. The first-order valence-corrected chi connectivity index (χ1v) is 7.55.